The predicted molar refractivity (Wildman–Crippen MR) is 128 cm³/mol. The van der Waals surface area contributed by atoms with Gasteiger partial charge in [-0.15, -0.1) is 0 Å². The Kier molecular flexibility index (Phi) is 15.6. The molecule has 0 aliphatic heterocycles. The summed E-state index contributed by atoms with van der Waals surface area (Å²) in [6, 6.07) is 0. The molecule has 1 rings (SSSR count). The minimum Gasteiger partial charge on any atom is -0.378 e. The van der Waals surface area contributed by atoms with Gasteiger partial charge in [0.15, 0.2) is 0 Å². The zero-order chi connectivity index (χ0) is 23.0. The van der Waals surface area contributed by atoms with Gasteiger partial charge < -0.3 is 14.1 Å². The molecule has 0 amide bonds. The van der Waals surface area contributed by atoms with E-state index < -0.39 is 7.82 Å². The molecule has 0 bridgehead atoms. The minimum absolute atomic E-state index is 0.148. The van der Waals surface area contributed by atoms with E-state index in [9.17, 15) is 9.46 Å². The highest BCUT2D eigenvalue weighted by Gasteiger charge is 2.31. The van der Waals surface area contributed by atoms with Crippen LogP contribution in [0.5, 0.6) is 0 Å². The molecule has 1 saturated carbocycles. The molecule has 3 atom stereocenters. The summed E-state index contributed by atoms with van der Waals surface area (Å²) in [6.45, 7) is 4.15. The third-order valence-electron chi connectivity index (χ3n) is 6.14. The van der Waals surface area contributed by atoms with Crippen LogP contribution < -0.4 is 0 Å². The molecule has 0 spiro atoms. The molecule has 6 nitrogen and oxygen atoms in total. The smallest absolute Gasteiger partial charge is 0.378 e. The fourth-order valence-electron chi connectivity index (χ4n) is 4.07. The number of rotatable bonds is 20. The molecular weight excluding hydrogens is 413 g/mol. The van der Waals surface area contributed by atoms with E-state index in [0.29, 0.717) is 11.0 Å². The number of phosphoric ester groups is 1. The summed E-state index contributed by atoms with van der Waals surface area (Å²) >= 11 is 0. The molecule has 0 radical (unpaired) electrons. The van der Waals surface area contributed by atoms with Gasteiger partial charge in [0.25, 0.3) is 0 Å². The lowest BCUT2D eigenvalue weighted by molar-refractivity contribution is -0.870. The van der Waals surface area contributed by atoms with Gasteiger partial charge >= 0.3 is 7.82 Å². The molecule has 0 aromatic rings. The Bertz CT molecular complexity index is 483. The highest BCUT2D eigenvalue weighted by molar-refractivity contribution is 7.47. The zero-order valence-electron chi connectivity index (χ0n) is 20.9. The van der Waals surface area contributed by atoms with E-state index in [0.717, 1.165) is 32.3 Å². The first-order valence-electron chi connectivity index (χ1n) is 12.8. The van der Waals surface area contributed by atoms with E-state index in [1.165, 1.54) is 64.2 Å². The minimum atomic E-state index is -3.98. The summed E-state index contributed by atoms with van der Waals surface area (Å²) in [6.07, 6.45) is 17.9. The van der Waals surface area contributed by atoms with Crippen LogP contribution in [-0.2, 0) is 18.3 Å². The third-order valence-corrected chi connectivity index (χ3v) is 7.12. The molecular formula is C24H51NO5P+. The summed E-state index contributed by atoms with van der Waals surface area (Å²) in [4.78, 5) is 9.91. The fourth-order valence-corrected chi connectivity index (χ4v) is 4.84. The van der Waals surface area contributed by atoms with Crippen molar-refractivity contribution in [1.82, 2.24) is 0 Å². The molecule has 1 aliphatic rings. The van der Waals surface area contributed by atoms with Crippen LogP contribution in [0.4, 0.5) is 0 Å². The number of phosphoric acid groups is 1. The molecule has 0 heterocycles. The normalized spacial score (nSPS) is 21.5. The second-order valence-corrected chi connectivity index (χ2v) is 11.7. The van der Waals surface area contributed by atoms with E-state index in [1.807, 2.05) is 21.1 Å². The van der Waals surface area contributed by atoms with E-state index >= 15 is 0 Å². The first-order valence-corrected chi connectivity index (χ1v) is 14.3. The van der Waals surface area contributed by atoms with Crippen molar-refractivity contribution < 1.29 is 27.7 Å². The number of nitrogens with zero attached hydrogens (tertiary/aromatic N) is 1. The van der Waals surface area contributed by atoms with Gasteiger partial charge in [0.1, 0.15) is 13.2 Å². The standard InChI is InChI=1S/C24H50NO5P/c1-5-6-7-8-9-10-11-12-13-14-15-20-28-24-18-16-17-23(24)22-30-31(26,27)29-21-19-25(2,3)4/h23-24H,5-22H2,1-4H3/p+1/t23-,24-/m0/s1. The lowest BCUT2D eigenvalue weighted by atomic mass is 10.1. The van der Waals surface area contributed by atoms with Crippen molar-refractivity contribution in [2.24, 2.45) is 5.92 Å². The van der Waals surface area contributed by atoms with E-state index in [4.69, 9.17) is 13.8 Å². The Labute approximate surface area is 192 Å². The van der Waals surface area contributed by atoms with Gasteiger partial charge in [0, 0.05) is 12.5 Å². The average Bonchev–Trinajstić information content (AvgIpc) is 3.13. The average molecular weight is 465 g/mol. The molecule has 1 aliphatic carbocycles. The van der Waals surface area contributed by atoms with E-state index in [-0.39, 0.29) is 25.2 Å². The molecule has 1 unspecified atom stereocenters. The van der Waals surface area contributed by atoms with Crippen molar-refractivity contribution in [3.05, 3.63) is 0 Å². The van der Waals surface area contributed by atoms with Crippen molar-refractivity contribution >= 4 is 7.82 Å². The number of quaternary nitrogens is 1. The predicted octanol–water partition coefficient (Wildman–Crippen LogP) is 6.32. The van der Waals surface area contributed by atoms with Gasteiger partial charge in [0.05, 0.1) is 33.9 Å². The first-order chi connectivity index (χ1) is 14.7. The van der Waals surface area contributed by atoms with Crippen LogP contribution in [0.25, 0.3) is 0 Å². The largest absolute Gasteiger partial charge is 0.472 e. The molecule has 31 heavy (non-hydrogen) atoms. The van der Waals surface area contributed by atoms with Crippen LogP contribution >= 0.6 is 7.82 Å². The lowest BCUT2D eigenvalue weighted by Gasteiger charge is -2.24. The molecule has 186 valence electrons. The van der Waals surface area contributed by atoms with Crippen molar-refractivity contribution in [1.29, 1.82) is 0 Å². The monoisotopic (exact) mass is 464 g/mol. The van der Waals surface area contributed by atoms with Crippen molar-refractivity contribution in [2.45, 2.75) is 103 Å². The number of likely N-dealkylation sites (N-methyl/N-ethyl adjacent to an activating group) is 1. The van der Waals surface area contributed by atoms with Gasteiger partial charge in [-0.3, -0.25) is 9.05 Å². The van der Waals surface area contributed by atoms with Crippen LogP contribution in [0.1, 0.15) is 96.8 Å². The number of hydrogen-bond acceptors (Lipinski definition) is 4. The highest BCUT2D eigenvalue weighted by atomic mass is 31.2. The molecule has 0 aromatic heterocycles. The number of ether oxygens (including phenoxy) is 1. The van der Waals surface area contributed by atoms with Crippen LogP contribution in [0, 0.1) is 5.92 Å². The van der Waals surface area contributed by atoms with Crippen LogP contribution in [0.2, 0.25) is 0 Å². The first kappa shape index (κ1) is 29.1. The fraction of sp³-hybridized carbons (Fsp3) is 1.00. The summed E-state index contributed by atoms with van der Waals surface area (Å²) in [5, 5.41) is 0. The molecule has 1 N–H and O–H groups in total. The van der Waals surface area contributed by atoms with Crippen molar-refractivity contribution in [3.63, 3.8) is 0 Å². The molecule has 0 aromatic carbocycles. The lowest BCUT2D eigenvalue weighted by Crippen LogP contribution is -2.37. The molecule has 7 heteroatoms. The van der Waals surface area contributed by atoms with Crippen LogP contribution in [0.15, 0.2) is 0 Å². The van der Waals surface area contributed by atoms with Gasteiger partial charge in [0.2, 0.25) is 0 Å². The van der Waals surface area contributed by atoms with Gasteiger partial charge in [-0.1, -0.05) is 77.6 Å². The third kappa shape index (κ3) is 16.3. The van der Waals surface area contributed by atoms with Gasteiger partial charge in [-0.05, 0) is 19.3 Å². The zero-order valence-corrected chi connectivity index (χ0v) is 21.8. The maximum Gasteiger partial charge on any atom is 0.472 e. The highest BCUT2D eigenvalue weighted by Crippen LogP contribution is 2.44. The quantitative estimate of drug-likeness (QED) is 0.130. The Morgan fingerprint density at radius 2 is 1.42 bits per heavy atom. The number of hydrogen-bond donors (Lipinski definition) is 1. The van der Waals surface area contributed by atoms with E-state index in [2.05, 4.69) is 6.92 Å². The molecule has 1 fully saturated rings. The summed E-state index contributed by atoms with van der Waals surface area (Å²) in [7, 11) is 2.07. The van der Waals surface area contributed by atoms with Gasteiger partial charge in [-0.2, -0.15) is 0 Å². The Balaban J connectivity index is 2.05. The number of unbranched alkanes of at least 4 members (excludes halogenated alkanes) is 10. The second-order valence-electron chi connectivity index (χ2n) is 10.2. The van der Waals surface area contributed by atoms with Crippen LogP contribution in [0.3, 0.4) is 0 Å². The second kappa shape index (κ2) is 16.6. The SMILES string of the molecule is CCCCCCCCCCCCCO[C@H]1CCC[C@H]1COP(=O)(O)OCC[N+](C)(C)C. The maximum absolute atomic E-state index is 12.1. The summed E-state index contributed by atoms with van der Waals surface area (Å²) < 4.78 is 29.3. The Morgan fingerprint density at radius 1 is 0.839 bits per heavy atom. The Morgan fingerprint density at radius 3 is 2.00 bits per heavy atom. The van der Waals surface area contributed by atoms with Gasteiger partial charge in [-0.25, -0.2) is 4.57 Å². The molecule has 0 saturated heterocycles. The van der Waals surface area contributed by atoms with Crippen molar-refractivity contribution in [3.8, 4) is 0 Å². The maximum atomic E-state index is 12.1. The topological polar surface area (TPSA) is 65.0 Å². The van der Waals surface area contributed by atoms with Crippen molar-refractivity contribution in [2.75, 3.05) is 47.5 Å². The summed E-state index contributed by atoms with van der Waals surface area (Å²) in [5.74, 6) is 0.190. The van der Waals surface area contributed by atoms with Crippen LogP contribution in [-0.4, -0.2) is 63.0 Å². The van der Waals surface area contributed by atoms with E-state index in [1.54, 1.807) is 0 Å². The Hall–Kier alpha value is 0.0300. The summed E-state index contributed by atoms with van der Waals surface area (Å²) in [5.41, 5.74) is 0.